The molecule has 0 spiro atoms. The Kier molecular flexibility index (Phi) is 5.34. The zero-order valence-corrected chi connectivity index (χ0v) is 30.3. The van der Waals surface area contributed by atoms with Crippen molar-refractivity contribution in [3.05, 3.63) is 182 Å². The first-order valence-corrected chi connectivity index (χ1v) is 19.7. The molecule has 0 aliphatic rings. The highest BCUT2D eigenvalue weighted by Crippen LogP contribution is 2.55. The fourth-order valence-corrected chi connectivity index (χ4v) is 10.9. The van der Waals surface area contributed by atoms with Gasteiger partial charge in [0.15, 0.2) is 0 Å². The van der Waals surface area contributed by atoms with Gasteiger partial charge in [-0.05, 0) is 171 Å². The van der Waals surface area contributed by atoms with E-state index in [1.54, 1.807) is 0 Å². The van der Waals surface area contributed by atoms with Gasteiger partial charge in [-0.3, -0.25) is 0 Å². The minimum Gasteiger partial charge on any atom is -0.0616 e. The van der Waals surface area contributed by atoms with Crippen molar-refractivity contribution in [2.45, 2.75) is 0 Å². The summed E-state index contributed by atoms with van der Waals surface area (Å²) >= 11 is 0. The van der Waals surface area contributed by atoms with E-state index in [1.807, 2.05) is 0 Å². The molecule has 0 radical (unpaired) electrons. The van der Waals surface area contributed by atoms with Gasteiger partial charge in [-0.1, -0.05) is 152 Å². The van der Waals surface area contributed by atoms with Gasteiger partial charge in [-0.15, -0.1) is 0 Å². The number of hydrogen-bond acceptors (Lipinski definition) is 0. The highest BCUT2D eigenvalue weighted by Gasteiger charge is 2.27. The van der Waals surface area contributed by atoms with E-state index < -0.39 is 0 Å². The minimum atomic E-state index is 1.26. The molecule has 0 aromatic heterocycles. The van der Waals surface area contributed by atoms with E-state index in [4.69, 9.17) is 0 Å². The van der Waals surface area contributed by atoms with Crippen molar-refractivity contribution in [1.29, 1.82) is 0 Å². The molecular weight excluding hydrogens is 673 g/mol. The summed E-state index contributed by atoms with van der Waals surface area (Å²) in [6.45, 7) is 0. The molecule has 0 atom stereocenters. The van der Waals surface area contributed by atoms with Crippen molar-refractivity contribution in [2.75, 3.05) is 0 Å². The van der Waals surface area contributed by atoms with Crippen LogP contribution in [0, 0.1) is 0 Å². The van der Waals surface area contributed by atoms with Crippen LogP contribution in [0.3, 0.4) is 0 Å². The maximum Gasteiger partial charge on any atom is -0.000718 e. The second kappa shape index (κ2) is 10.3. The second-order valence-corrected chi connectivity index (χ2v) is 15.9. The zero-order chi connectivity index (χ0) is 36.2. The quantitative estimate of drug-likeness (QED) is 0.157. The fourth-order valence-electron chi connectivity index (χ4n) is 10.9. The Labute approximate surface area is 321 Å². The summed E-state index contributed by atoms with van der Waals surface area (Å²) in [6.07, 6.45) is 0. The number of hydrogen-bond donors (Lipinski definition) is 0. The van der Waals surface area contributed by atoms with Gasteiger partial charge in [-0.25, -0.2) is 0 Å². The normalized spacial score (nSPS) is 12.6. The van der Waals surface area contributed by atoms with Crippen LogP contribution < -0.4 is 0 Å². The van der Waals surface area contributed by atoms with Crippen LogP contribution in [0.2, 0.25) is 0 Å². The predicted molar refractivity (Wildman–Crippen MR) is 243 cm³/mol. The summed E-state index contributed by atoms with van der Waals surface area (Å²) in [5.74, 6) is 0. The van der Waals surface area contributed by atoms with E-state index >= 15 is 0 Å². The molecule has 14 aromatic rings. The molecule has 0 saturated carbocycles. The molecular formula is C56H30. The SMILES string of the molecule is c1ccc2cc(-c3c4cc5c(cc4c(-c4ccc6ccccc6c4)c4c6cc7cccc8ccc9ccc(c34)c6c9c87)c3cccc4cccc5c43)ccc2c1. The third-order valence-electron chi connectivity index (χ3n) is 13.2. The molecule has 56 heavy (non-hydrogen) atoms. The standard InChI is InChI=1S/C56H30/c1-3-10-36-26-39(22-18-31(36)8-1)51-46-29-44-41-16-6-13-33-14-7-17-42(50(33)41)45(44)30-47(46)52(40-23-19-32-9-2-4-11-37(32)27-40)56-48-28-38-15-5-12-34-20-21-35-24-25-43(55(51)56)54(48)53(35)49(34)38/h1-30H. The Bertz CT molecular complexity index is 3970. The van der Waals surface area contributed by atoms with E-state index in [9.17, 15) is 0 Å². The Morgan fingerprint density at radius 3 is 1.27 bits per heavy atom. The fraction of sp³-hybridized carbons (Fsp3) is 0. The van der Waals surface area contributed by atoms with E-state index in [2.05, 4.69) is 182 Å². The predicted octanol–water partition coefficient (Wildman–Crippen LogP) is 16.0. The van der Waals surface area contributed by atoms with Crippen molar-refractivity contribution < 1.29 is 0 Å². The molecule has 14 aromatic carbocycles. The molecule has 0 aliphatic carbocycles. The summed E-state index contributed by atoms with van der Waals surface area (Å²) in [6, 6.07) is 69.2. The van der Waals surface area contributed by atoms with Crippen LogP contribution in [-0.2, 0) is 0 Å². The first-order valence-electron chi connectivity index (χ1n) is 19.7. The highest BCUT2D eigenvalue weighted by molar-refractivity contribution is 6.46. The lowest BCUT2D eigenvalue weighted by Gasteiger charge is -2.18. The van der Waals surface area contributed by atoms with Crippen LogP contribution in [-0.4, -0.2) is 0 Å². The van der Waals surface area contributed by atoms with Crippen LogP contribution in [0.5, 0.6) is 0 Å². The lowest BCUT2D eigenvalue weighted by atomic mass is 9.84. The van der Waals surface area contributed by atoms with Gasteiger partial charge in [0.1, 0.15) is 0 Å². The Morgan fingerprint density at radius 1 is 0.179 bits per heavy atom. The average Bonchev–Trinajstić information content (AvgIpc) is 3.75. The van der Waals surface area contributed by atoms with Gasteiger partial charge in [0.2, 0.25) is 0 Å². The molecule has 0 unspecified atom stereocenters. The second-order valence-electron chi connectivity index (χ2n) is 15.9. The minimum absolute atomic E-state index is 1.26. The monoisotopic (exact) mass is 702 g/mol. The first-order chi connectivity index (χ1) is 27.8. The van der Waals surface area contributed by atoms with Gasteiger partial charge >= 0.3 is 0 Å². The lowest BCUT2D eigenvalue weighted by Crippen LogP contribution is -1.90. The van der Waals surface area contributed by atoms with E-state index in [0.29, 0.717) is 0 Å². The molecule has 0 saturated heterocycles. The molecule has 0 heterocycles. The van der Waals surface area contributed by atoms with E-state index in [0.717, 1.165) is 0 Å². The smallest absolute Gasteiger partial charge is 0.000718 e. The first kappa shape index (κ1) is 29.1. The van der Waals surface area contributed by atoms with Crippen LogP contribution in [0.1, 0.15) is 0 Å². The van der Waals surface area contributed by atoms with Crippen molar-refractivity contribution in [3.63, 3.8) is 0 Å². The number of rotatable bonds is 2. The maximum absolute atomic E-state index is 2.55. The summed E-state index contributed by atoms with van der Waals surface area (Å²) < 4.78 is 0. The zero-order valence-electron chi connectivity index (χ0n) is 30.3. The van der Waals surface area contributed by atoms with E-state index in [-0.39, 0.29) is 0 Å². The Morgan fingerprint density at radius 2 is 0.643 bits per heavy atom. The average molecular weight is 703 g/mol. The van der Waals surface area contributed by atoms with Gasteiger partial charge in [0, 0.05) is 0 Å². The Hall–Kier alpha value is -7.28. The highest BCUT2D eigenvalue weighted by atomic mass is 14.3. The van der Waals surface area contributed by atoms with E-state index in [1.165, 1.54) is 141 Å². The lowest BCUT2D eigenvalue weighted by molar-refractivity contribution is 1.71. The maximum atomic E-state index is 2.55. The topological polar surface area (TPSA) is 0 Å². The van der Waals surface area contributed by atoms with Crippen LogP contribution in [0.15, 0.2) is 182 Å². The summed E-state index contributed by atoms with van der Waals surface area (Å²) in [4.78, 5) is 0. The summed E-state index contributed by atoms with van der Waals surface area (Å²) in [7, 11) is 0. The molecule has 0 heteroatoms. The van der Waals surface area contributed by atoms with Gasteiger partial charge in [-0.2, -0.15) is 0 Å². The van der Waals surface area contributed by atoms with Crippen LogP contribution in [0.4, 0.5) is 0 Å². The summed E-state index contributed by atoms with van der Waals surface area (Å²) in [5, 5.41) is 29.0. The largest absolute Gasteiger partial charge is 0.0616 e. The molecule has 254 valence electrons. The van der Waals surface area contributed by atoms with Gasteiger partial charge in [0.25, 0.3) is 0 Å². The molecule has 0 N–H and O–H groups in total. The van der Waals surface area contributed by atoms with Crippen LogP contribution >= 0.6 is 0 Å². The van der Waals surface area contributed by atoms with Crippen LogP contribution in [0.25, 0.3) is 141 Å². The molecule has 0 bridgehead atoms. The van der Waals surface area contributed by atoms with Gasteiger partial charge in [0.05, 0.1) is 0 Å². The third-order valence-corrected chi connectivity index (χ3v) is 13.2. The molecule has 14 rings (SSSR count). The van der Waals surface area contributed by atoms with Crippen molar-refractivity contribution >= 4 is 118 Å². The van der Waals surface area contributed by atoms with Crippen molar-refractivity contribution in [3.8, 4) is 22.3 Å². The third kappa shape index (κ3) is 3.60. The Balaban J connectivity index is 1.30. The number of fused-ring (bicyclic) bond motifs is 9. The summed E-state index contributed by atoms with van der Waals surface area (Å²) in [5.41, 5.74) is 5.15. The van der Waals surface area contributed by atoms with Gasteiger partial charge < -0.3 is 0 Å². The van der Waals surface area contributed by atoms with Crippen molar-refractivity contribution in [1.82, 2.24) is 0 Å². The molecule has 0 amide bonds. The number of benzene rings is 12. The molecule has 0 aliphatic heterocycles. The molecule has 0 nitrogen and oxygen atoms in total. The molecule has 0 fully saturated rings. The van der Waals surface area contributed by atoms with Crippen molar-refractivity contribution in [2.24, 2.45) is 0 Å².